The summed E-state index contributed by atoms with van der Waals surface area (Å²) < 4.78 is 5.14. The molecular weight excluding hydrogens is 262 g/mol. The molecule has 0 aliphatic carbocycles. The normalized spacial score (nSPS) is 18.0. The Morgan fingerprint density at radius 1 is 0.905 bits per heavy atom. The van der Waals surface area contributed by atoms with Gasteiger partial charge in [0.1, 0.15) is 6.04 Å². The van der Waals surface area contributed by atoms with Crippen LogP contribution in [-0.2, 0) is 22.6 Å². The van der Waals surface area contributed by atoms with Crippen LogP contribution in [0.5, 0.6) is 0 Å². The van der Waals surface area contributed by atoms with Crippen LogP contribution in [0.3, 0.4) is 0 Å². The first kappa shape index (κ1) is 13.8. The van der Waals surface area contributed by atoms with E-state index in [9.17, 15) is 4.79 Å². The predicted octanol–water partition coefficient (Wildman–Crippen LogP) is 3.00. The highest BCUT2D eigenvalue weighted by atomic mass is 16.5. The first-order valence-electron chi connectivity index (χ1n) is 7.31. The second-order valence-corrected chi connectivity index (χ2v) is 5.35. The second-order valence-electron chi connectivity index (χ2n) is 5.35. The van der Waals surface area contributed by atoms with Gasteiger partial charge in [-0.3, -0.25) is 9.69 Å². The molecule has 0 N–H and O–H groups in total. The third-order valence-electron chi connectivity index (χ3n) is 3.81. The number of hydrogen-bond donors (Lipinski definition) is 0. The van der Waals surface area contributed by atoms with Crippen LogP contribution in [-0.4, -0.2) is 23.5 Å². The van der Waals surface area contributed by atoms with Crippen LogP contribution >= 0.6 is 0 Å². The van der Waals surface area contributed by atoms with Crippen molar-refractivity contribution in [2.75, 3.05) is 6.61 Å². The fourth-order valence-corrected chi connectivity index (χ4v) is 2.73. The van der Waals surface area contributed by atoms with E-state index in [1.807, 2.05) is 36.4 Å². The second kappa shape index (κ2) is 6.55. The van der Waals surface area contributed by atoms with Crippen molar-refractivity contribution in [3.05, 3.63) is 71.8 Å². The Labute approximate surface area is 125 Å². The average Bonchev–Trinajstić information content (AvgIpc) is 2.95. The van der Waals surface area contributed by atoms with Crippen molar-refractivity contribution in [2.24, 2.45) is 0 Å². The van der Waals surface area contributed by atoms with E-state index in [-0.39, 0.29) is 12.0 Å². The molecule has 21 heavy (non-hydrogen) atoms. The topological polar surface area (TPSA) is 29.5 Å². The molecule has 2 aromatic carbocycles. The maximum absolute atomic E-state index is 11.9. The van der Waals surface area contributed by atoms with Crippen LogP contribution in [0.2, 0.25) is 0 Å². The summed E-state index contributed by atoms with van der Waals surface area (Å²) in [5, 5.41) is 0. The number of carbonyl (C=O) groups is 1. The fourth-order valence-electron chi connectivity index (χ4n) is 2.73. The van der Waals surface area contributed by atoms with Crippen molar-refractivity contribution in [1.82, 2.24) is 4.90 Å². The standard InChI is InChI=1S/C18H19NO2/c20-18-17(11-12-21-18)19(13-15-7-3-1-4-8-15)14-16-9-5-2-6-10-16/h1-10,17H,11-14H2/t17-/m0/s1. The molecule has 108 valence electrons. The molecular formula is C18H19NO2. The Bertz CT molecular complexity index is 541. The van der Waals surface area contributed by atoms with Crippen LogP contribution in [0.4, 0.5) is 0 Å². The van der Waals surface area contributed by atoms with Crippen LogP contribution in [0.15, 0.2) is 60.7 Å². The molecule has 0 unspecified atom stereocenters. The molecule has 1 heterocycles. The lowest BCUT2D eigenvalue weighted by Gasteiger charge is -2.26. The van der Waals surface area contributed by atoms with Crippen molar-refractivity contribution >= 4 is 5.97 Å². The van der Waals surface area contributed by atoms with Crippen molar-refractivity contribution in [3.8, 4) is 0 Å². The Kier molecular flexibility index (Phi) is 4.31. The van der Waals surface area contributed by atoms with E-state index in [1.165, 1.54) is 11.1 Å². The van der Waals surface area contributed by atoms with Crippen molar-refractivity contribution in [1.29, 1.82) is 0 Å². The fraction of sp³-hybridized carbons (Fsp3) is 0.278. The molecule has 1 saturated heterocycles. The number of cyclic esters (lactones) is 1. The zero-order chi connectivity index (χ0) is 14.5. The summed E-state index contributed by atoms with van der Waals surface area (Å²) in [5.41, 5.74) is 2.43. The summed E-state index contributed by atoms with van der Waals surface area (Å²) in [6.07, 6.45) is 0.776. The first-order chi connectivity index (χ1) is 10.3. The molecule has 0 radical (unpaired) electrons. The largest absolute Gasteiger partial charge is 0.464 e. The van der Waals surface area contributed by atoms with E-state index in [0.29, 0.717) is 6.61 Å². The predicted molar refractivity (Wildman–Crippen MR) is 81.5 cm³/mol. The third-order valence-corrected chi connectivity index (χ3v) is 3.81. The van der Waals surface area contributed by atoms with E-state index >= 15 is 0 Å². The molecule has 0 amide bonds. The summed E-state index contributed by atoms with van der Waals surface area (Å²) in [7, 11) is 0. The number of ether oxygens (including phenoxy) is 1. The van der Waals surface area contributed by atoms with E-state index < -0.39 is 0 Å². The zero-order valence-electron chi connectivity index (χ0n) is 11.9. The SMILES string of the molecule is O=C1OCC[C@@H]1N(Cc1ccccc1)Cc1ccccc1. The van der Waals surface area contributed by atoms with E-state index in [4.69, 9.17) is 4.74 Å². The van der Waals surface area contributed by atoms with Gasteiger partial charge in [-0.1, -0.05) is 60.7 Å². The maximum Gasteiger partial charge on any atom is 0.323 e. The molecule has 3 nitrogen and oxygen atoms in total. The number of nitrogens with zero attached hydrogens (tertiary/aromatic N) is 1. The summed E-state index contributed by atoms with van der Waals surface area (Å²) in [5.74, 6) is -0.0955. The van der Waals surface area contributed by atoms with E-state index in [0.717, 1.165) is 19.5 Å². The average molecular weight is 281 g/mol. The van der Waals surface area contributed by atoms with Gasteiger partial charge in [-0.05, 0) is 11.1 Å². The molecule has 0 spiro atoms. The lowest BCUT2D eigenvalue weighted by atomic mass is 10.1. The van der Waals surface area contributed by atoms with Crippen molar-refractivity contribution in [3.63, 3.8) is 0 Å². The Hall–Kier alpha value is -2.13. The molecule has 0 aromatic heterocycles. The van der Waals surface area contributed by atoms with Gasteiger partial charge in [-0.25, -0.2) is 0 Å². The van der Waals surface area contributed by atoms with Gasteiger partial charge < -0.3 is 4.74 Å². The van der Waals surface area contributed by atoms with Crippen LogP contribution in [0.25, 0.3) is 0 Å². The maximum atomic E-state index is 11.9. The molecule has 3 heteroatoms. The zero-order valence-corrected chi connectivity index (χ0v) is 11.9. The number of carbonyl (C=O) groups excluding carboxylic acids is 1. The van der Waals surface area contributed by atoms with Gasteiger partial charge in [0.2, 0.25) is 0 Å². The Balaban J connectivity index is 1.79. The van der Waals surface area contributed by atoms with Gasteiger partial charge in [-0.2, -0.15) is 0 Å². The minimum Gasteiger partial charge on any atom is -0.464 e. The third kappa shape index (κ3) is 3.50. The number of esters is 1. The highest BCUT2D eigenvalue weighted by Gasteiger charge is 2.32. The van der Waals surface area contributed by atoms with Crippen LogP contribution in [0.1, 0.15) is 17.5 Å². The Morgan fingerprint density at radius 2 is 1.43 bits per heavy atom. The van der Waals surface area contributed by atoms with Crippen LogP contribution in [0, 0.1) is 0 Å². The molecule has 1 fully saturated rings. The van der Waals surface area contributed by atoms with Crippen molar-refractivity contribution < 1.29 is 9.53 Å². The number of benzene rings is 2. The van der Waals surface area contributed by atoms with Gasteiger partial charge in [0.15, 0.2) is 0 Å². The molecule has 0 bridgehead atoms. The van der Waals surface area contributed by atoms with Gasteiger partial charge in [0.05, 0.1) is 6.61 Å². The highest BCUT2D eigenvalue weighted by Crippen LogP contribution is 2.20. The summed E-state index contributed by atoms with van der Waals surface area (Å²) in [6, 6.07) is 20.4. The van der Waals surface area contributed by atoms with Gasteiger partial charge >= 0.3 is 5.97 Å². The van der Waals surface area contributed by atoms with Gasteiger partial charge in [-0.15, -0.1) is 0 Å². The van der Waals surface area contributed by atoms with E-state index in [2.05, 4.69) is 29.2 Å². The van der Waals surface area contributed by atoms with E-state index in [1.54, 1.807) is 0 Å². The summed E-state index contributed by atoms with van der Waals surface area (Å²) >= 11 is 0. The van der Waals surface area contributed by atoms with Crippen molar-refractivity contribution in [2.45, 2.75) is 25.6 Å². The molecule has 0 saturated carbocycles. The Morgan fingerprint density at radius 3 is 1.86 bits per heavy atom. The molecule has 2 aromatic rings. The minimum absolute atomic E-state index is 0.0955. The summed E-state index contributed by atoms with van der Waals surface area (Å²) in [4.78, 5) is 14.1. The molecule has 3 rings (SSSR count). The lowest BCUT2D eigenvalue weighted by Crippen LogP contribution is -2.37. The van der Waals surface area contributed by atoms with Gasteiger partial charge in [0.25, 0.3) is 0 Å². The molecule has 1 aliphatic rings. The molecule has 1 atom stereocenters. The van der Waals surface area contributed by atoms with Crippen LogP contribution < -0.4 is 0 Å². The lowest BCUT2D eigenvalue weighted by molar-refractivity contribution is -0.142. The highest BCUT2D eigenvalue weighted by molar-refractivity contribution is 5.77. The number of rotatable bonds is 5. The minimum atomic E-state index is -0.134. The first-order valence-corrected chi connectivity index (χ1v) is 7.31. The smallest absolute Gasteiger partial charge is 0.323 e. The van der Waals surface area contributed by atoms with Gasteiger partial charge in [0, 0.05) is 19.5 Å². The number of hydrogen-bond acceptors (Lipinski definition) is 3. The monoisotopic (exact) mass is 281 g/mol. The quantitative estimate of drug-likeness (QED) is 0.789. The summed E-state index contributed by atoms with van der Waals surface area (Å²) in [6.45, 7) is 2.05. The molecule has 1 aliphatic heterocycles.